The van der Waals surface area contributed by atoms with Gasteiger partial charge in [0.25, 0.3) is 5.01 Å². The zero-order chi connectivity index (χ0) is 20.6. The summed E-state index contributed by atoms with van der Waals surface area (Å²) in [7, 11) is 0. The maximum absolute atomic E-state index is 13.3. The summed E-state index contributed by atoms with van der Waals surface area (Å²) in [5.74, 6) is -0.265. The molecule has 4 rings (SSSR count). The van der Waals surface area contributed by atoms with Crippen molar-refractivity contribution in [2.24, 2.45) is 0 Å². The SMILES string of the molecule is CC(C)(C)OC(=O)[n+]1c(C([O-])=c2cc3c([nH]2)=CCC=C3)csc1-c1cccnc1. The fourth-order valence-electron chi connectivity index (χ4n) is 3.09. The molecule has 0 atom stereocenters. The van der Waals surface area contributed by atoms with Crippen molar-refractivity contribution in [3.8, 4) is 10.6 Å². The average molecular weight is 407 g/mol. The van der Waals surface area contributed by atoms with Gasteiger partial charge >= 0.3 is 6.09 Å². The van der Waals surface area contributed by atoms with Gasteiger partial charge < -0.3 is 14.8 Å². The first-order chi connectivity index (χ1) is 13.8. The molecule has 148 valence electrons. The van der Waals surface area contributed by atoms with Crippen LogP contribution in [0, 0.1) is 0 Å². The number of nitrogens with one attached hydrogen (secondary N) is 1. The number of rotatable bonds is 2. The van der Waals surface area contributed by atoms with E-state index in [1.54, 1.807) is 44.6 Å². The van der Waals surface area contributed by atoms with E-state index in [1.165, 1.54) is 15.9 Å². The van der Waals surface area contributed by atoms with Crippen molar-refractivity contribution in [3.63, 3.8) is 0 Å². The van der Waals surface area contributed by atoms with Gasteiger partial charge in [0.05, 0.1) is 10.9 Å². The summed E-state index contributed by atoms with van der Waals surface area (Å²) in [5.41, 5.74) is 1.27. The maximum atomic E-state index is 13.3. The highest BCUT2D eigenvalue weighted by atomic mass is 32.1. The van der Waals surface area contributed by atoms with Gasteiger partial charge in [0.2, 0.25) is 5.69 Å². The summed E-state index contributed by atoms with van der Waals surface area (Å²) in [4.78, 5) is 20.3. The minimum absolute atomic E-state index is 0.255. The Balaban J connectivity index is 1.91. The predicted molar refractivity (Wildman–Crippen MR) is 110 cm³/mol. The van der Waals surface area contributed by atoms with Crippen LogP contribution in [-0.4, -0.2) is 21.7 Å². The number of H-pyrrole nitrogens is 1. The van der Waals surface area contributed by atoms with E-state index in [1.807, 2.05) is 30.4 Å². The van der Waals surface area contributed by atoms with E-state index in [-0.39, 0.29) is 11.5 Å². The molecule has 7 heteroatoms. The molecule has 3 aromatic heterocycles. The Morgan fingerprint density at radius 3 is 2.90 bits per heavy atom. The van der Waals surface area contributed by atoms with Crippen molar-refractivity contribution in [1.29, 1.82) is 0 Å². The molecular weight excluding hydrogens is 386 g/mol. The number of nitrogens with zero attached hydrogens (tertiary/aromatic N) is 2. The van der Waals surface area contributed by atoms with E-state index >= 15 is 0 Å². The first-order valence-electron chi connectivity index (χ1n) is 9.28. The van der Waals surface area contributed by atoms with Crippen LogP contribution in [-0.2, 0) is 4.74 Å². The second kappa shape index (κ2) is 7.33. The lowest BCUT2D eigenvalue weighted by Gasteiger charge is -2.17. The molecule has 0 saturated heterocycles. The summed E-state index contributed by atoms with van der Waals surface area (Å²) in [5, 5.41) is 16.9. The molecule has 0 aliphatic heterocycles. The van der Waals surface area contributed by atoms with Crippen molar-refractivity contribution < 1.29 is 19.2 Å². The molecule has 0 saturated carbocycles. The van der Waals surface area contributed by atoms with Crippen LogP contribution in [0.15, 0.2) is 42.0 Å². The molecule has 1 aliphatic rings. The molecular formula is C22H21N3O3S. The minimum atomic E-state index is -0.691. The predicted octanol–water partition coefficient (Wildman–Crippen LogP) is 1.92. The lowest BCUT2D eigenvalue weighted by molar-refractivity contribution is -0.579. The third kappa shape index (κ3) is 3.86. The maximum Gasteiger partial charge on any atom is 0.604 e. The van der Waals surface area contributed by atoms with Crippen LogP contribution in [0.4, 0.5) is 4.79 Å². The Morgan fingerprint density at radius 1 is 1.38 bits per heavy atom. The third-order valence-corrected chi connectivity index (χ3v) is 5.31. The average Bonchev–Trinajstić information content (AvgIpc) is 3.31. The van der Waals surface area contributed by atoms with E-state index in [4.69, 9.17) is 4.74 Å². The molecule has 29 heavy (non-hydrogen) atoms. The van der Waals surface area contributed by atoms with Crippen LogP contribution in [0.3, 0.4) is 0 Å². The zero-order valence-corrected chi connectivity index (χ0v) is 17.2. The third-order valence-electron chi connectivity index (χ3n) is 4.32. The van der Waals surface area contributed by atoms with Gasteiger partial charge in [0.1, 0.15) is 5.60 Å². The number of carbonyl (C=O) groups is 1. The number of ether oxygens (including phenoxy) is 1. The van der Waals surface area contributed by atoms with Gasteiger partial charge in [0, 0.05) is 23.1 Å². The minimum Gasteiger partial charge on any atom is -0.867 e. The van der Waals surface area contributed by atoms with Crippen LogP contribution in [0.1, 0.15) is 38.4 Å². The fourth-order valence-corrected chi connectivity index (χ4v) is 4.06. The summed E-state index contributed by atoms with van der Waals surface area (Å²) in [6.45, 7) is 5.39. The molecule has 6 nitrogen and oxygen atoms in total. The monoisotopic (exact) mass is 407 g/mol. The Labute approximate surface area is 172 Å². The molecule has 1 aliphatic carbocycles. The second-order valence-corrected chi connectivity index (χ2v) is 8.56. The van der Waals surface area contributed by atoms with Gasteiger partial charge in [-0.1, -0.05) is 34.1 Å². The van der Waals surface area contributed by atoms with Crippen molar-refractivity contribution in [2.45, 2.75) is 32.8 Å². The highest BCUT2D eigenvalue weighted by Gasteiger charge is 2.34. The lowest BCUT2D eigenvalue weighted by atomic mass is 10.1. The number of fused-ring (bicyclic) bond motifs is 1. The first kappa shape index (κ1) is 19.1. The van der Waals surface area contributed by atoms with Crippen LogP contribution in [0.25, 0.3) is 28.5 Å². The number of hydrogen-bond acceptors (Lipinski definition) is 5. The molecule has 1 N–H and O–H groups in total. The molecule has 3 heterocycles. The Bertz CT molecular complexity index is 1210. The topological polar surface area (TPSA) is 81.9 Å². The molecule has 0 aromatic carbocycles. The van der Waals surface area contributed by atoms with E-state index in [9.17, 15) is 9.90 Å². The van der Waals surface area contributed by atoms with Gasteiger partial charge in [-0.15, -0.1) is 0 Å². The molecule has 0 bridgehead atoms. The smallest absolute Gasteiger partial charge is 0.604 e. The van der Waals surface area contributed by atoms with Crippen molar-refractivity contribution >= 4 is 35.3 Å². The number of carbonyl (C=O) groups excluding carboxylic acids is 1. The Morgan fingerprint density at radius 2 is 2.21 bits per heavy atom. The molecule has 0 unspecified atom stereocenters. The van der Waals surface area contributed by atoms with E-state index in [0.717, 1.165) is 22.9 Å². The molecule has 0 fully saturated rings. The van der Waals surface area contributed by atoms with Crippen LogP contribution in [0.2, 0.25) is 0 Å². The summed E-state index contributed by atoms with van der Waals surface area (Å²) in [6.07, 6.45) is 9.60. The van der Waals surface area contributed by atoms with Crippen molar-refractivity contribution in [1.82, 2.24) is 9.97 Å². The lowest BCUT2D eigenvalue weighted by Crippen LogP contribution is -2.50. The van der Waals surface area contributed by atoms with Gasteiger partial charge in [-0.2, -0.15) is 4.79 Å². The molecule has 0 spiro atoms. The number of hydrogen-bond donors (Lipinski definition) is 1. The van der Waals surface area contributed by atoms with E-state index in [0.29, 0.717) is 10.4 Å². The van der Waals surface area contributed by atoms with Crippen molar-refractivity contribution in [2.75, 3.05) is 0 Å². The summed E-state index contributed by atoms with van der Waals surface area (Å²) in [6, 6.07) is 5.45. The summed E-state index contributed by atoms with van der Waals surface area (Å²) < 4.78 is 6.92. The van der Waals surface area contributed by atoms with Crippen molar-refractivity contribution in [3.05, 3.63) is 64.0 Å². The first-order valence-corrected chi connectivity index (χ1v) is 10.2. The molecule has 3 aromatic rings. The number of aromatic nitrogens is 3. The van der Waals surface area contributed by atoms with E-state index < -0.39 is 11.7 Å². The Hall–Kier alpha value is -3.19. The molecule has 0 amide bonds. The quantitative estimate of drug-likeness (QED) is 0.658. The fraction of sp³-hybridized carbons (Fsp3) is 0.227. The summed E-state index contributed by atoms with van der Waals surface area (Å²) >= 11 is 1.31. The molecule has 0 radical (unpaired) electrons. The highest BCUT2D eigenvalue weighted by molar-refractivity contribution is 7.12. The number of allylic oxidation sites excluding steroid dienone is 1. The zero-order valence-electron chi connectivity index (χ0n) is 16.4. The second-order valence-electron chi connectivity index (χ2n) is 7.71. The normalized spacial score (nSPS) is 14.2. The standard InChI is InChI=1S/C22H21N3O3S/c1-22(2,3)28-21(27)25-18(13-29-20(25)15-8-6-10-23-12-15)19(26)17-11-14-7-4-5-9-16(14)24-17/h4,6-13,24H,5H2,1-3H3. The number of pyridine rings is 1. The largest absolute Gasteiger partial charge is 0.867 e. The number of aromatic amines is 1. The van der Waals surface area contributed by atoms with Crippen LogP contribution < -0.4 is 20.4 Å². The van der Waals surface area contributed by atoms with Gasteiger partial charge in [-0.25, -0.2) is 0 Å². The van der Waals surface area contributed by atoms with Gasteiger partial charge in [0.15, 0.2) is 0 Å². The van der Waals surface area contributed by atoms with Crippen LogP contribution >= 0.6 is 11.3 Å². The highest BCUT2D eigenvalue weighted by Crippen LogP contribution is 2.23. The van der Waals surface area contributed by atoms with E-state index in [2.05, 4.69) is 9.97 Å². The van der Waals surface area contributed by atoms with Crippen LogP contribution in [0.5, 0.6) is 0 Å². The Kier molecular flexibility index (Phi) is 4.84. The van der Waals surface area contributed by atoms with Gasteiger partial charge in [-0.05, 0) is 56.7 Å². The number of thiazole rings is 1. The van der Waals surface area contributed by atoms with Gasteiger partial charge in [-0.3, -0.25) is 4.98 Å².